The van der Waals surface area contributed by atoms with E-state index in [4.69, 9.17) is 20.5 Å². The number of nitrogens with one attached hydrogen (secondary N) is 1. The normalized spacial score (nSPS) is 14.9. The number of imide groups is 2. The number of rotatable bonds is 8. The SMILES string of the molecule is CCOc1cc(/C=C2/C(=O)NC(=O)N(c3ccccc3CC)C2=O)cc(Cl)c1OS(=O)(=O)c1ccc(C)cc1. The number of carbonyl (C=O) groups is 3. The lowest BCUT2D eigenvalue weighted by Gasteiger charge is -2.28. The molecule has 9 nitrogen and oxygen atoms in total. The molecule has 4 rings (SSSR count). The van der Waals surface area contributed by atoms with Crippen LogP contribution in [-0.2, 0) is 26.1 Å². The van der Waals surface area contributed by atoms with E-state index in [0.717, 1.165) is 16.0 Å². The molecular formula is C28H25ClN2O7S. The van der Waals surface area contributed by atoms with E-state index in [1.54, 1.807) is 43.3 Å². The maximum atomic E-state index is 13.4. The molecule has 0 unspecified atom stereocenters. The van der Waals surface area contributed by atoms with Crippen molar-refractivity contribution in [3.05, 3.63) is 87.9 Å². The molecule has 202 valence electrons. The van der Waals surface area contributed by atoms with Crippen LogP contribution >= 0.6 is 11.6 Å². The number of amides is 4. The van der Waals surface area contributed by atoms with Crippen molar-refractivity contribution in [1.29, 1.82) is 0 Å². The maximum absolute atomic E-state index is 13.4. The van der Waals surface area contributed by atoms with Crippen LogP contribution in [0.25, 0.3) is 6.08 Å². The van der Waals surface area contributed by atoms with Gasteiger partial charge in [-0.25, -0.2) is 9.69 Å². The molecule has 1 N–H and O–H groups in total. The molecule has 0 radical (unpaired) electrons. The number of para-hydroxylation sites is 1. The van der Waals surface area contributed by atoms with Crippen LogP contribution in [0.5, 0.6) is 11.5 Å². The minimum atomic E-state index is -4.24. The Labute approximate surface area is 231 Å². The molecule has 0 atom stereocenters. The topological polar surface area (TPSA) is 119 Å². The summed E-state index contributed by atoms with van der Waals surface area (Å²) >= 11 is 6.42. The minimum Gasteiger partial charge on any atom is -0.490 e. The number of carbonyl (C=O) groups excluding carboxylic acids is 3. The standard InChI is InChI=1S/C28H25ClN2O7S/c1-4-19-8-6-7-9-23(19)31-27(33)21(26(32)30-28(31)34)14-18-15-22(29)25(24(16-18)37-5-2)38-39(35,36)20-12-10-17(3)11-13-20/h6-16H,4-5H2,1-3H3,(H,30,32,34)/b21-14-. The zero-order valence-electron chi connectivity index (χ0n) is 21.4. The predicted molar refractivity (Wildman–Crippen MR) is 146 cm³/mol. The Morgan fingerprint density at radius 1 is 1.00 bits per heavy atom. The van der Waals surface area contributed by atoms with Gasteiger partial charge in [0.05, 0.1) is 17.3 Å². The van der Waals surface area contributed by atoms with Crippen LogP contribution in [0, 0.1) is 6.92 Å². The highest BCUT2D eigenvalue weighted by molar-refractivity contribution is 7.87. The van der Waals surface area contributed by atoms with E-state index < -0.39 is 28.0 Å². The van der Waals surface area contributed by atoms with E-state index in [1.165, 1.54) is 30.3 Å². The van der Waals surface area contributed by atoms with Crippen molar-refractivity contribution in [2.24, 2.45) is 0 Å². The van der Waals surface area contributed by atoms with Crippen LogP contribution in [0.15, 0.2) is 71.1 Å². The Bertz CT molecular complexity index is 1600. The number of halogens is 1. The third kappa shape index (κ3) is 5.81. The van der Waals surface area contributed by atoms with Gasteiger partial charge >= 0.3 is 16.1 Å². The molecule has 0 saturated carbocycles. The lowest BCUT2D eigenvalue weighted by molar-refractivity contribution is -0.122. The summed E-state index contributed by atoms with van der Waals surface area (Å²) in [4.78, 5) is 39.5. The largest absolute Gasteiger partial charge is 0.490 e. The summed E-state index contributed by atoms with van der Waals surface area (Å²) in [5.74, 6) is -1.96. The Morgan fingerprint density at radius 2 is 1.69 bits per heavy atom. The van der Waals surface area contributed by atoms with Crippen LogP contribution in [0.2, 0.25) is 5.02 Å². The summed E-state index contributed by atoms with van der Waals surface area (Å²) < 4.78 is 36.7. The van der Waals surface area contributed by atoms with Crippen molar-refractivity contribution in [2.45, 2.75) is 32.1 Å². The zero-order chi connectivity index (χ0) is 28.3. The van der Waals surface area contributed by atoms with Crippen molar-refractivity contribution in [2.75, 3.05) is 11.5 Å². The summed E-state index contributed by atoms with van der Waals surface area (Å²) in [6, 6.07) is 14.8. The molecule has 3 aromatic rings. The minimum absolute atomic E-state index is 0.0135. The first-order valence-electron chi connectivity index (χ1n) is 12.0. The molecular weight excluding hydrogens is 544 g/mol. The second-order valence-electron chi connectivity index (χ2n) is 8.55. The zero-order valence-corrected chi connectivity index (χ0v) is 22.9. The molecule has 0 aromatic heterocycles. The maximum Gasteiger partial charge on any atom is 0.339 e. The van der Waals surface area contributed by atoms with Gasteiger partial charge in [0.1, 0.15) is 10.5 Å². The average molecular weight is 569 g/mol. The summed E-state index contributed by atoms with van der Waals surface area (Å²) in [6.07, 6.45) is 1.80. The average Bonchev–Trinajstić information content (AvgIpc) is 2.89. The molecule has 4 amide bonds. The second kappa shape index (κ2) is 11.3. The third-order valence-corrected chi connectivity index (χ3v) is 7.38. The van der Waals surface area contributed by atoms with Crippen LogP contribution in [-0.4, -0.2) is 32.9 Å². The van der Waals surface area contributed by atoms with Gasteiger partial charge in [0.15, 0.2) is 5.75 Å². The van der Waals surface area contributed by atoms with Gasteiger partial charge in [-0.3, -0.25) is 14.9 Å². The van der Waals surface area contributed by atoms with Gasteiger partial charge in [-0.05, 0) is 67.8 Å². The van der Waals surface area contributed by atoms with E-state index in [0.29, 0.717) is 12.1 Å². The van der Waals surface area contributed by atoms with Gasteiger partial charge in [-0.15, -0.1) is 0 Å². The first kappa shape index (κ1) is 27.9. The van der Waals surface area contributed by atoms with E-state index in [-0.39, 0.29) is 39.2 Å². The van der Waals surface area contributed by atoms with Crippen LogP contribution < -0.4 is 19.1 Å². The second-order valence-corrected chi connectivity index (χ2v) is 10.5. The van der Waals surface area contributed by atoms with Crippen LogP contribution in [0.1, 0.15) is 30.5 Å². The summed E-state index contributed by atoms with van der Waals surface area (Å²) in [6.45, 7) is 5.54. The Balaban J connectivity index is 1.73. The summed E-state index contributed by atoms with van der Waals surface area (Å²) in [5, 5.41) is 2.06. The number of ether oxygens (including phenoxy) is 1. The molecule has 0 aliphatic carbocycles. The number of benzene rings is 3. The highest BCUT2D eigenvalue weighted by Gasteiger charge is 2.37. The van der Waals surface area contributed by atoms with E-state index in [9.17, 15) is 22.8 Å². The Morgan fingerprint density at radius 3 is 2.36 bits per heavy atom. The molecule has 1 aliphatic rings. The quantitative estimate of drug-likeness (QED) is 0.229. The highest BCUT2D eigenvalue weighted by atomic mass is 35.5. The van der Waals surface area contributed by atoms with Gasteiger partial charge < -0.3 is 8.92 Å². The van der Waals surface area contributed by atoms with Crippen LogP contribution in [0.3, 0.4) is 0 Å². The summed E-state index contributed by atoms with van der Waals surface area (Å²) in [7, 11) is -4.24. The highest BCUT2D eigenvalue weighted by Crippen LogP contribution is 2.39. The van der Waals surface area contributed by atoms with Crippen LogP contribution in [0.4, 0.5) is 10.5 Å². The molecule has 0 bridgehead atoms. The Hall–Kier alpha value is -4.15. The van der Waals surface area contributed by atoms with Crippen molar-refractivity contribution < 1.29 is 31.7 Å². The fourth-order valence-corrected chi connectivity index (χ4v) is 5.21. The van der Waals surface area contributed by atoms with Gasteiger partial charge in [0, 0.05) is 0 Å². The molecule has 39 heavy (non-hydrogen) atoms. The first-order chi connectivity index (χ1) is 18.6. The van der Waals surface area contributed by atoms with Crippen molar-refractivity contribution in [3.8, 4) is 11.5 Å². The molecule has 0 spiro atoms. The smallest absolute Gasteiger partial charge is 0.339 e. The van der Waals surface area contributed by atoms with Crippen molar-refractivity contribution in [3.63, 3.8) is 0 Å². The lowest BCUT2D eigenvalue weighted by Crippen LogP contribution is -2.54. The number of anilines is 1. The van der Waals surface area contributed by atoms with Crippen molar-refractivity contribution >= 4 is 51.3 Å². The van der Waals surface area contributed by atoms with Crippen molar-refractivity contribution in [1.82, 2.24) is 5.32 Å². The monoisotopic (exact) mass is 568 g/mol. The first-order valence-corrected chi connectivity index (χ1v) is 13.8. The fraction of sp³-hybridized carbons (Fsp3) is 0.179. The van der Waals surface area contributed by atoms with E-state index in [2.05, 4.69) is 5.32 Å². The number of hydrogen-bond donors (Lipinski definition) is 1. The third-order valence-electron chi connectivity index (χ3n) is 5.86. The molecule has 1 fully saturated rings. The molecule has 1 heterocycles. The molecule has 1 saturated heterocycles. The molecule has 3 aromatic carbocycles. The van der Waals surface area contributed by atoms with E-state index >= 15 is 0 Å². The number of barbiturate groups is 1. The van der Waals surface area contributed by atoms with Gasteiger partial charge in [0.2, 0.25) is 5.75 Å². The number of hydrogen-bond acceptors (Lipinski definition) is 7. The summed E-state index contributed by atoms with van der Waals surface area (Å²) in [5.41, 5.74) is 1.91. The molecule has 11 heteroatoms. The van der Waals surface area contributed by atoms with Gasteiger partial charge in [0.25, 0.3) is 11.8 Å². The molecule has 1 aliphatic heterocycles. The Kier molecular flexibility index (Phi) is 8.08. The van der Waals surface area contributed by atoms with Gasteiger partial charge in [-0.2, -0.15) is 8.42 Å². The number of aryl methyl sites for hydroxylation is 2. The van der Waals surface area contributed by atoms with E-state index in [1.807, 2.05) is 13.8 Å². The lowest BCUT2D eigenvalue weighted by atomic mass is 10.0. The fourth-order valence-electron chi connectivity index (χ4n) is 3.95. The van der Waals surface area contributed by atoms with Gasteiger partial charge in [-0.1, -0.05) is 54.4 Å². The number of urea groups is 1. The predicted octanol–water partition coefficient (Wildman–Crippen LogP) is 5.04. The number of nitrogens with zero attached hydrogens (tertiary/aromatic N) is 1.